The molecule has 3 aromatic rings. The Kier molecular flexibility index (Phi) is 4.79. The van der Waals surface area contributed by atoms with Gasteiger partial charge in [-0.1, -0.05) is 41.0 Å². The van der Waals surface area contributed by atoms with E-state index in [1.165, 1.54) is 0 Å². The van der Waals surface area contributed by atoms with Gasteiger partial charge in [-0.25, -0.2) is 0 Å². The fourth-order valence-corrected chi connectivity index (χ4v) is 2.54. The summed E-state index contributed by atoms with van der Waals surface area (Å²) in [5.74, 6) is 1.88. The number of nitrogens with zero attached hydrogens (tertiary/aromatic N) is 2. The van der Waals surface area contributed by atoms with Crippen LogP contribution in [0.2, 0.25) is 5.02 Å². The molecule has 0 radical (unpaired) electrons. The van der Waals surface area contributed by atoms with Gasteiger partial charge in [-0.15, -0.1) is 0 Å². The molecule has 1 heterocycles. The fraction of sp³-hybridized carbons (Fsp3) is 0.294. The Bertz CT molecular complexity index is 803. The lowest BCUT2D eigenvalue weighted by atomic mass is 10.1. The van der Waals surface area contributed by atoms with Crippen LogP contribution in [0, 0.1) is 0 Å². The van der Waals surface area contributed by atoms with E-state index < -0.39 is 0 Å². The number of benzene rings is 2. The van der Waals surface area contributed by atoms with Gasteiger partial charge >= 0.3 is 0 Å². The SMILES string of the molecule is CNC(C)Cc1noc(COc2ccc(Cl)c3ccccc23)n1. The van der Waals surface area contributed by atoms with Gasteiger partial charge in [0.25, 0.3) is 5.89 Å². The zero-order valence-electron chi connectivity index (χ0n) is 13.0. The molecule has 1 N–H and O–H groups in total. The second-order valence-corrected chi connectivity index (χ2v) is 5.79. The molecule has 3 rings (SSSR count). The van der Waals surface area contributed by atoms with Gasteiger partial charge in [0, 0.05) is 28.3 Å². The second-order valence-electron chi connectivity index (χ2n) is 5.38. The van der Waals surface area contributed by atoms with Crippen molar-refractivity contribution in [3.8, 4) is 5.75 Å². The Labute approximate surface area is 139 Å². The first-order chi connectivity index (χ1) is 11.2. The Balaban J connectivity index is 1.73. The zero-order chi connectivity index (χ0) is 16.2. The molecule has 5 nitrogen and oxygen atoms in total. The van der Waals surface area contributed by atoms with Crippen LogP contribution in [0.15, 0.2) is 40.9 Å². The summed E-state index contributed by atoms with van der Waals surface area (Å²) < 4.78 is 11.1. The standard InChI is InChI=1S/C17H18ClN3O2/c1-11(19-2)9-16-20-17(23-21-16)10-22-15-8-7-14(18)12-5-3-4-6-13(12)15/h3-8,11,19H,9-10H2,1-2H3. The summed E-state index contributed by atoms with van der Waals surface area (Å²) in [6, 6.07) is 11.8. The number of halogens is 1. The minimum atomic E-state index is 0.229. The third-order valence-electron chi connectivity index (χ3n) is 3.67. The van der Waals surface area contributed by atoms with Crippen molar-refractivity contribution in [1.82, 2.24) is 15.5 Å². The van der Waals surface area contributed by atoms with Gasteiger partial charge in [0.1, 0.15) is 5.75 Å². The monoisotopic (exact) mass is 331 g/mol. The maximum Gasteiger partial charge on any atom is 0.264 e. The highest BCUT2D eigenvalue weighted by Gasteiger charge is 2.11. The molecular formula is C17H18ClN3O2. The maximum atomic E-state index is 6.21. The number of rotatable bonds is 6. The summed E-state index contributed by atoms with van der Waals surface area (Å²) in [5.41, 5.74) is 0. The Hall–Kier alpha value is -2.11. The molecule has 0 bridgehead atoms. The molecule has 0 saturated heterocycles. The van der Waals surface area contributed by atoms with Crippen LogP contribution in [-0.2, 0) is 13.0 Å². The van der Waals surface area contributed by atoms with Crippen molar-refractivity contribution < 1.29 is 9.26 Å². The number of likely N-dealkylation sites (N-methyl/N-ethyl adjacent to an activating group) is 1. The van der Waals surface area contributed by atoms with Crippen molar-refractivity contribution in [2.75, 3.05) is 7.05 Å². The summed E-state index contributed by atoms with van der Waals surface area (Å²) >= 11 is 6.21. The molecule has 0 spiro atoms. The molecule has 1 aromatic heterocycles. The molecule has 0 saturated carbocycles. The van der Waals surface area contributed by atoms with Crippen LogP contribution < -0.4 is 10.1 Å². The summed E-state index contributed by atoms with van der Waals surface area (Å²) in [7, 11) is 1.90. The van der Waals surface area contributed by atoms with E-state index in [0.29, 0.717) is 29.2 Å². The first kappa shape index (κ1) is 15.8. The molecule has 0 aliphatic heterocycles. The number of aromatic nitrogens is 2. The summed E-state index contributed by atoms with van der Waals surface area (Å²) in [6.45, 7) is 2.29. The summed E-state index contributed by atoms with van der Waals surface area (Å²) in [5, 5.41) is 9.73. The molecular weight excluding hydrogens is 314 g/mol. The van der Waals surface area contributed by atoms with E-state index in [-0.39, 0.29) is 6.61 Å². The van der Waals surface area contributed by atoms with Gasteiger partial charge in [-0.05, 0) is 26.1 Å². The lowest BCUT2D eigenvalue weighted by Gasteiger charge is -2.08. The molecule has 120 valence electrons. The van der Waals surface area contributed by atoms with E-state index in [1.807, 2.05) is 43.4 Å². The number of ether oxygens (including phenoxy) is 1. The topological polar surface area (TPSA) is 60.2 Å². The van der Waals surface area contributed by atoms with E-state index in [1.54, 1.807) is 0 Å². The van der Waals surface area contributed by atoms with Crippen molar-refractivity contribution in [3.63, 3.8) is 0 Å². The predicted octanol–water partition coefficient (Wildman–Crippen LogP) is 3.61. The van der Waals surface area contributed by atoms with Crippen LogP contribution in [0.3, 0.4) is 0 Å². The van der Waals surface area contributed by atoms with Crippen molar-refractivity contribution >= 4 is 22.4 Å². The van der Waals surface area contributed by atoms with Gasteiger partial charge in [0.15, 0.2) is 12.4 Å². The molecule has 0 amide bonds. The van der Waals surface area contributed by atoms with Crippen LogP contribution in [0.1, 0.15) is 18.6 Å². The lowest BCUT2D eigenvalue weighted by Crippen LogP contribution is -2.24. The highest BCUT2D eigenvalue weighted by molar-refractivity contribution is 6.35. The van der Waals surface area contributed by atoms with Crippen LogP contribution in [-0.4, -0.2) is 23.2 Å². The number of fused-ring (bicyclic) bond motifs is 1. The Morgan fingerprint density at radius 2 is 2.00 bits per heavy atom. The number of hydrogen-bond donors (Lipinski definition) is 1. The first-order valence-corrected chi connectivity index (χ1v) is 7.84. The third kappa shape index (κ3) is 3.63. The molecule has 23 heavy (non-hydrogen) atoms. The minimum Gasteiger partial charge on any atom is -0.483 e. The zero-order valence-corrected chi connectivity index (χ0v) is 13.8. The molecule has 1 unspecified atom stereocenters. The van der Waals surface area contributed by atoms with Gasteiger partial charge < -0.3 is 14.6 Å². The van der Waals surface area contributed by atoms with Crippen LogP contribution >= 0.6 is 11.6 Å². The third-order valence-corrected chi connectivity index (χ3v) is 4.00. The first-order valence-electron chi connectivity index (χ1n) is 7.46. The van der Waals surface area contributed by atoms with Crippen LogP contribution in [0.4, 0.5) is 0 Å². The largest absolute Gasteiger partial charge is 0.483 e. The van der Waals surface area contributed by atoms with Gasteiger partial charge in [-0.2, -0.15) is 4.98 Å². The van der Waals surface area contributed by atoms with Crippen molar-refractivity contribution in [2.45, 2.75) is 26.0 Å². The summed E-state index contributed by atoms with van der Waals surface area (Å²) in [6.07, 6.45) is 0.712. The quantitative estimate of drug-likeness (QED) is 0.747. The molecule has 1 atom stereocenters. The average molecular weight is 332 g/mol. The lowest BCUT2D eigenvalue weighted by molar-refractivity contribution is 0.244. The van der Waals surface area contributed by atoms with Gasteiger partial charge in [0.05, 0.1) is 0 Å². The molecule has 6 heteroatoms. The second kappa shape index (κ2) is 6.98. The molecule has 0 aliphatic rings. The Morgan fingerprint density at radius 1 is 1.22 bits per heavy atom. The predicted molar refractivity (Wildman–Crippen MR) is 89.8 cm³/mol. The van der Waals surface area contributed by atoms with E-state index in [9.17, 15) is 0 Å². The highest BCUT2D eigenvalue weighted by atomic mass is 35.5. The number of hydrogen-bond acceptors (Lipinski definition) is 5. The van der Waals surface area contributed by atoms with Gasteiger partial charge in [0.2, 0.25) is 0 Å². The Morgan fingerprint density at radius 3 is 2.78 bits per heavy atom. The van der Waals surface area contributed by atoms with Crippen molar-refractivity contribution in [1.29, 1.82) is 0 Å². The molecule has 0 fully saturated rings. The van der Waals surface area contributed by atoms with E-state index >= 15 is 0 Å². The highest BCUT2D eigenvalue weighted by Crippen LogP contribution is 2.31. The van der Waals surface area contributed by atoms with E-state index in [2.05, 4.69) is 22.4 Å². The fourth-order valence-electron chi connectivity index (χ4n) is 2.31. The normalized spacial score (nSPS) is 12.5. The molecule has 0 aliphatic carbocycles. The maximum absolute atomic E-state index is 6.21. The van der Waals surface area contributed by atoms with Gasteiger partial charge in [-0.3, -0.25) is 0 Å². The van der Waals surface area contributed by atoms with Crippen molar-refractivity contribution in [2.24, 2.45) is 0 Å². The van der Waals surface area contributed by atoms with E-state index in [0.717, 1.165) is 16.5 Å². The van der Waals surface area contributed by atoms with E-state index in [4.69, 9.17) is 20.9 Å². The smallest absolute Gasteiger partial charge is 0.264 e. The molecule has 2 aromatic carbocycles. The average Bonchev–Trinajstić information content (AvgIpc) is 3.02. The summed E-state index contributed by atoms with van der Waals surface area (Å²) in [4.78, 5) is 4.34. The van der Waals surface area contributed by atoms with Crippen LogP contribution in [0.25, 0.3) is 10.8 Å². The number of nitrogens with one attached hydrogen (secondary N) is 1. The van der Waals surface area contributed by atoms with Crippen molar-refractivity contribution in [3.05, 3.63) is 53.1 Å². The van der Waals surface area contributed by atoms with Crippen LogP contribution in [0.5, 0.6) is 5.75 Å². The minimum absolute atomic E-state index is 0.229.